The van der Waals surface area contributed by atoms with Crippen LogP contribution in [0.15, 0.2) is 30.5 Å². The Hall–Kier alpha value is -1.27. The third-order valence-electron chi connectivity index (χ3n) is 4.07. The molecule has 0 unspecified atom stereocenters. The lowest BCUT2D eigenvalue weighted by atomic mass is 10.2. The van der Waals surface area contributed by atoms with Gasteiger partial charge in [0.1, 0.15) is 5.82 Å². The highest BCUT2D eigenvalue weighted by Gasteiger charge is 2.09. The predicted molar refractivity (Wildman–Crippen MR) is 98.6 cm³/mol. The van der Waals surface area contributed by atoms with Gasteiger partial charge in [-0.05, 0) is 37.6 Å². The Morgan fingerprint density at radius 1 is 1.08 bits per heavy atom. The van der Waals surface area contributed by atoms with Crippen LogP contribution in [0.1, 0.15) is 12.8 Å². The number of nitrogens with zero attached hydrogens (tertiary/aromatic N) is 3. The van der Waals surface area contributed by atoms with Crippen molar-refractivity contribution >= 4 is 29.0 Å². The van der Waals surface area contributed by atoms with Gasteiger partial charge in [-0.15, -0.1) is 0 Å². The fourth-order valence-corrected chi connectivity index (χ4v) is 2.98. The standard InChI is InChI=1S/C17H22Cl2N4O/c18-15-4-3-14(13-16(15)19)23-8-5-17(21-23)20-6-1-2-7-22-9-11-24-12-10-22/h3-5,8,13H,1-2,6-7,9-12H2,(H,20,21). The molecule has 1 saturated heterocycles. The van der Waals surface area contributed by atoms with Crippen LogP contribution in [0.25, 0.3) is 5.69 Å². The second-order valence-corrected chi connectivity index (χ2v) is 6.65. The third-order valence-corrected chi connectivity index (χ3v) is 4.81. The van der Waals surface area contributed by atoms with Crippen LogP contribution in [-0.4, -0.2) is 54.1 Å². The summed E-state index contributed by atoms with van der Waals surface area (Å²) in [6, 6.07) is 7.44. The first-order chi connectivity index (χ1) is 11.7. The molecular formula is C17H22Cl2N4O. The summed E-state index contributed by atoms with van der Waals surface area (Å²) in [4.78, 5) is 2.46. The van der Waals surface area contributed by atoms with Gasteiger partial charge in [0, 0.05) is 31.9 Å². The number of benzene rings is 1. The number of aromatic nitrogens is 2. The van der Waals surface area contributed by atoms with E-state index >= 15 is 0 Å². The molecule has 0 amide bonds. The van der Waals surface area contributed by atoms with Crippen LogP contribution in [0.3, 0.4) is 0 Å². The maximum Gasteiger partial charge on any atom is 0.148 e. The van der Waals surface area contributed by atoms with Crippen LogP contribution in [0.4, 0.5) is 5.82 Å². The summed E-state index contributed by atoms with van der Waals surface area (Å²) >= 11 is 12.0. The highest BCUT2D eigenvalue weighted by atomic mass is 35.5. The summed E-state index contributed by atoms with van der Waals surface area (Å²) in [5, 5.41) is 8.96. The zero-order chi connectivity index (χ0) is 16.8. The number of anilines is 1. The van der Waals surface area contributed by atoms with Crippen molar-refractivity contribution in [2.45, 2.75) is 12.8 Å². The minimum atomic E-state index is 0.530. The molecule has 130 valence electrons. The van der Waals surface area contributed by atoms with Gasteiger partial charge in [-0.2, -0.15) is 5.10 Å². The van der Waals surface area contributed by atoms with Gasteiger partial charge in [0.15, 0.2) is 0 Å². The highest BCUT2D eigenvalue weighted by molar-refractivity contribution is 6.42. The van der Waals surface area contributed by atoms with Crippen molar-refractivity contribution in [1.82, 2.24) is 14.7 Å². The molecule has 1 aromatic heterocycles. The molecule has 0 spiro atoms. The van der Waals surface area contributed by atoms with E-state index < -0.39 is 0 Å². The molecule has 1 aliphatic heterocycles. The molecular weight excluding hydrogens is 347 g/mol. The van der Waals surface area contributed by atoms with Crippen molar-refractivity contribution in [1.29, 1.82) is 0 Å². The monoisotopic (exact) mass is 368 g/mol. The van der Waals surface area contributed by atoms with Gasteiger partial charge < -0.3 is 10.1 Å². The summed E-state index contributed by atoms with van der Waals surface area (Å²) in [5.41, 5.74) is 0.893. The number of morpholine rings is 1. The first-order valence-electron chi connectivity index (χ1n) is 8.27. The lowest BCUT2D eigenvalue weighted by Gasteiger charge is -2.26. The Morgan fingerprint density at radius 2 is 1.92 bits per heavy atom. The zero-order valence-corrected chi connectivity index (χ0v) is 15.1. The molecule has 1 aromatic carbocycles. The van der Waals surface area contributed by atoms with Crippen molar-refractivity contribution in [3.05, 3.63) is 40.5 Å². The molecule has 5 nitrogen and oxygen atoms in total. The molecule has 3 rings (SSSR count). The molecule has 2 aromatic rings. The van der Waals surface area contributed by atoms with Crippen LogP contribution < -0.4 is 5.32 Å². The first kappa shape index (κ1) is 17.5. The van der Waals surface area contributed by atoms with Crippen molar-refractivity contribution in [3.63, 3.8) is 0 Å². The molecule has 0 atom stereocenters. The molecule has 2 heterocycles. The molecule has 1 aliphatic rings. The highest BCUT2D eigenvalue weighted by Crippen LogP contribution is 2.24. The Kier molecular flexibility index (Phi) is 6.37. The number of unbranched alkanes of at least 4 members (excludes halogenated alkanes) is 1. The van der Waals surface area contributed by atoms with E-state index in [1.165, 1.54) is 6.42 Å². The molecule has 1 fully saturated rings. The fraction of sp³-hybridized carbons (Fsp3) is 0.471. The zero-order valence-electron chi connectivity index (χ0n) is 13.5. The number of halogens is 2. The summed E-state index contributed by atoms with van der Waals surface area (Å²) in [6.07, 6.45) is 4.22. The molecule has 0 saturated carbocycles. The second-order valence-electron chi connectivity index (χ2n) is 5.83. The summed E-state index contributed by atoms with van der Waals surface area (Å²) in [6.45, 7) is 5.91. The van der Waals surface area contributed by atoms with Crippen LogP contribution in [0, 0.1) is 0 Å². The molecule has 7 heteroatoms. The Morgan fingerprint density at radius 3 is 2.71 bits per heavy atom. The topological polar surface area (TPSA) is 42.3 Å². The number of ether oxygens (including phenoxy) is 1. The fourth-order valence-electron chi connectivity index (χ4n) is 2.69. The van der Waals surface area contributed by atoms with Crippen LogP contribution in [-0.2, 0) is 4.74 Å². The summed E-state index contributed by atoms with van der Waals surface area (Å²) < 4.78 is 7.15. The number of rotatable bonds is 7. The van der Waals surface area contributed by atoms with Crippen molar-refractivity contribution in [2.75, 3.05) is 44.7 Å². The van der Waals surface area contributed by atoms with E-state index in [2.05, 4.69) is 15.3 Å². The number of hydrogen-bond donors (Lipinski definition) is 1. The second kappa shape index (κ2) is 8.72. The Bertz CT molecular complexity index is 656. The molecule has 24 heavy (non-hydrogen) atoms. The van der Waals surface area contributed by atoms with Gasteiger partial charge in [0.05, 0.1) is 28.9 Å². The van der Waals surface area contributed by atoms with Gasteiger partial charge in [-0.1, -0.05) is 23.2 Å². The Balaban J connectivity index is 1.41. The summed E-state index contributed by atoms with van der Waals surface area (Å²) in [7, 11) is 0. The molecule has 0 aliphatic carbocycles. The minimum absolute atomic E-state index is 0.530. The van der Waals surface area contributed by atoms with Gasteiger partial charge in [-0.25, -0.2) is 4.68 Å². The van der Waals surface area contributed by atoms with E-state index in [-0.39, 0.29) is 0 Å². The third kappa shape index (κ3) is 4.86. The normalized spacial score (nSPS) is 15.6. The van der Waals surface area contributed by atoms with Crippen LogP contribution >= 0.6 is 23.2 Å². The van der Waals surface area contributed by atoms with Crippen molar-refractivity contribution < 1.29 is 4.74 Å². The van der Waals surface area contributed by atoms with Crippen molar-refractivity contribution in [2.24, 2.45) is 0 Å². The van der Waals surface area contributed by atoms with E-state index in [9.17, 15) is 0 Å². The maximum atomic E-state index is 6.05. The smallest absolute Gasteiger partial charge is 0.148 e. The lowest BCUT2D eigenvalue weighted by molar-refractivity contribution is 0.0373. The summed E-state index contributed by atoms with van der Waals surface area (Å²) in [5.74, 6) is 0.868. The Labute approximate surface area is 152 Å². The first-order valence-corrected chi connectivity index (χ1v) is 9.03. The quantitative estimate of drug-likeness (QED) is 0.756. The maximum absolute atomic E-state index is 6.05. The van der Waals surface area contributed by atoms with E-state index in [0.717, 1.165) is 57.3 Å². The molecule has 0 bridgehead atoms. The SMILES string of the molecule is Clc1ccc(-n2ccc(NCCCCN3CCOCC3)n2)cc1Cl. The van der Waals surface area contributed by atoms with Gasteiger partial charge >= 0.3 is 0 Å². The number of hydrogen-bond acceptors (Lipinski definition) is 4. The average molecular weight is 369 g/mol. The van der Waals surface area contributed by atoms with Crippen LogP contribution in [0.2, 0.25) is 10.0 Å². The van der Waals surface area contributed by atoms with Gasteiger partial charge in [0.25, 0.3) is 0 Å². The van der Waals surface area contributed by atoms with E-state index in [4.69, 9.17) is 27.9 Å². The average Bonchev–Trinajstić information content (AvgIpc) is 3.07. The predicted octanol–water partition coefficient (Wildman–Crippen LogP) is 3.70. The van der Waals surface area contributed by atoms with Crippen LogP contribution in [0.5, 0.6) is 0 Å². The molecule has 0 radical (unpaired) electrons. The van der Waals surface area contributed by atoms with E-state index in [0.29, 0.717) is 10.0 Å². The van der Waals surface area contributed by atoms with Gasteiger partial charge in [0.2, 0.25) is 0 Å². The molecule has 1 N–H and O–H groups in total. The lowest BCUT2D eigenvalue weighted by Crippen LogP contribution is -2.36. The minimum Gasteiger partial charge on any atom is -0.379 e. The van der Waals surface area contributed by atoms with E-state index in [1.807, 2.05) is 24.4 Å². The number of nitrogens with one attached hydrogen (secondary N) is 1. The van der Waals surface area contributed by atoms with E-state index in [1.54, 1.807) is 10.7 Å². The van der Waals surface area contributed by atoms with Crippen molar-refractivity contribution in [3.8, 4) is 5.69 Å². The largest absolute Gasteiger partial charge is 0.379 e. The van der Waals surface area contributed by atoms with Gasteiger partial charge in [-0.3, -0.25) is 4.90 Å².